The van der Waals surface area contributed by atoms with Crippen molar-refractivity contribution in [1.29, 1.82) is 0 Å². The summed E-state index contributed by atoms with van der Waals surface area (Å²) in [6, 6.07) is 12.3. The van der Waals surface area contributed by atoms with Gasteiger partial charge in [0.25, 0.3) is 0 Å². The SMILES string of the molecule is CCOc1c(C)cc(-c2cccc(CCC(=O)O)c2)cc1C. The zero-order chi connectivity index (χ0) is 16.1. The lowest BCUT2D eigenvalue weighted by molar-refractivity contribution is -0.136. The molecule has 3 heteroatoms. The van der Waals surface area contributed by atoms with Gasteiger partial charge >= 0.3 is 5.97 Å². The van der Waals surface area contributed by atoms with E-state index < -0.39 is 5.97 Å². The summed E-state index contributed by atoms with van der Waals surface area (Å²) in [6.45, 7) is 6.75. The molecule has 2 rings (SSSR count). The third-order valence-electron chi connectivity index (χ3n) is 3.64. The minimum atomic E-state index is -0.766. The summed E-state index contributed by atoms with van der Waals surface area (Å²) in [5.74, 6) is 0.187. The second kappa shape index (κ2) is 7.12. The standard InChI is InChI=1S/C19H22O3/c1-4-22-19-13(2)10-17(11-14(19)3)16-7-5-6-15(12-16)8-9-18(20)21/h5-7,10-12H,4,8-9H2,1-3H3,(H,20,21). The number of carbonyl (C=O) groups is 1. The molecule has 116 valence electrons. The van der Waals surface area contributed by atoms with E-state index in [9.17, 15) is 4.79 Å². The van der Waals surface area contributed by atoms with Crippen molar-refractivity contribution in [3.8, 4) is 16.9 Å². The van der Waals surface area contributed by atoms with Crippen molar-refractivity contribution in [2.45, 2.75) is 33.6 Å². The number of ether oxygens (including phenoxy) is 1. The lowest BCUT2D eigenvalue weighted by Gasteiger charge is -2.13. The molecule has 0 bridgehead atoms. The van der Waals surface area contributed by atoms with E-state index in [2.05, 4.69) is 38.1 Å². The Morgan fingerprint density at radius 1 is 1.09 bits per heavy atom. The fourth-order valence-corrected chi connectivity index (χ4v) is 2.65. The average molecular weight is 298 g/mol. The summed E-state index contributed by atoms with van der Waals surface area (Å²) in [6.07, 6.45) is 0.711. The average Bonchev–Trinajstić information content (AvgIpc) is 2.49. The van der Waals surface area contributed by atoms with Gasteiger partial charge in [-0.15, -0.1) is 0 Å². The molecule has 0 aliphatic heterocycles. The molecular formula is C19H22O3. The van der Waals surface area contributed by atoms with Crippen molar-refractivity contribution in [1.82, 2.24) is 0 Å². The molecule has 2 aromatic rings. The third-order valence-corrected chi connectivity index (χ3v) is 3.64. The molecule has 22 heavy (non-hydrogen) atoms. The molecule has 0 aliphatic carbocycles. The van der Waals surface area contributed by atoms with Crippen LogP contribution in [-0.2, 0) is 11.2 Å². The van der Waals surface area contributed by atoms with Gasteiger partial charge in [-0.25, -0.2) is 0 Å². The molecule has 0 saturated carbocycles. The highest BCUT2D eigenvalue weighted by Gasteiger charge is 2.08. The minimum absolute atomic E-state index is 0.158. The molecule has 0 unspecified atom stereocenters. The van der Waals surface area contributed by atoms with Crippen molar-refractivity contribution < 1.29 is 14.6 Å². The van der Waals surface area contributed by atoms with E-state index in [0.717, 1.165) is 33.6 Å². The summed E-state index contributed by atoms with van der Waals surface area (Å²) < 4.78 is 5.68. The monoisotopic (exact) mass is 298 g/mol. The first kappa shape index (κ1) is 16.1. The molecule has 0 spiro atoms. The maximum absolute atomic E-state index is 10.7. The first-order chi connectivity index (χ1) is 10.5. The number of carboxylic acid groups (broad SMARTS) is 1. The highest BCUT2D eigenvalue weighted by molar-refractivity contribution is 5.69. The molecule has 0 heterocycles. The lowest BCUT2D eigenvalue weighted by Crippen LogP contribution is -1.98. The zero-order valence-corrected chi connectivity index (χ0v) is 13.3. The number of hydrogen-bond acceptors (Lipinski definition) is 2. The van der Waals surface area contributed by atoms with Crippen molar-refractivity contribution in [2.24, 2.45) is 0 Å². The number of aliphatic carboxylic acids is 1. The third kappa shape index (κ3) is 3.88. The molecule has 1 N–H and O–H groups in total. The summed E-state index contributed by atoms with van der Waals surface area (Å²) in [5, 5.41) is 8.80. The fourth-order valence-electron chi connectivity index (χ4n) is 2.65. The Morgan fingerprint density at radius 2 is 1.77 bits per heavy atom. The van der Waals surface area contributed by atoms with Crippen LogP contribution in [-0.4, -0.2) is 17.7 Å². The van der Waals surface area contributed by atoms with Gasteiger partial charge in [0, 0.05) is 6.42 Å². The van der Waals surface area contributed by atoms with E-state index in [1.54, 1.807) is 0 Å². The number of benzene rings is 2. The molecule has 3 nitrogen and oxygen atoms in total. The second-order valence-electron chi connectivity index (χ2n) is 5.47. The van der Waals surface area contributed by atoms with E-state index >= 15 is 0 Å². The first-order valence-corrected chi connectivity index (χ1v) is 7.56. The molecule has 0 aromatic heterocycles. The molecule has 0 atom stereocenters. The van der Waals surface area contributed by atoms with Crippen LogP contribution in [0.25, 0.3) is 11.1 Å². The van der Waals surface area contributed by atoms with Gasteiger partial charge in [0.15, 0.2) is 0 Å². The summed E-state index contributed by atoms with van der Waals surface area (Å²) in [4.78, 5) is 10.7. The normalized spacial score (nSPS) is 10.5. The van der Waals surface area contributed by atoms with Gasteiger partial charge in [0.05, 0.1) is 6.61 Å². The predicted octanol–water partition coefficient (Wildman–Crippen LogP) is 4.39. The Hall–Kier alpha value is -2.29. The lowest BCUT2D eigenvalue weighted by atomic mass is 9.97. The topological polar surface area (TPSA) is 46.5 Å². The highest BCUT2D eigenvalue weighted by Crippen LogP contribution is 2.30. The number of carboxylic acids is 1. The van der Waals surface area contributed by atoms with Gasteiger partial charge in [0.1, 0.15) is 5.75 Å². The zero-order valence-electron chi connectivity index (χ0n) is 13.3. The Bertz CT molecular complexity index is 651. The maximum atomic E-state index is 10.7. The van der Waals surface area contributed by atoms with Crippen LogP contribution in [0.2, 0.25) is 0 Å². The largest absolute Gasteiger partial charge is 0.493 e. The maximum Gasteiger partial charge on any atom is 0.303 e. The van der Waals surface area contributed by atoms with Crippen LogP contribution in [0.1, 0.15) is 30.0 Å². The van der Waals surface area contributed by atoms with E-state index in [-0.39, 0.29) is 6.42 Å². The second-order valence-corrected chi connectivity index (χ2v) is 5.47. The van der Waals surface area contributed by atoms with Crippen molar-refractivity contribution in [3.63, 3.8) is 0 Å². The van der Waals surface area contributed by atoms with Gasteiger partial charge < -0.3 is 9.84 Å². The molecule has 0 aliphatic rings. The molecule has 0 fully saturated rings. The summed E-state index contributed by atoms with van der Waals surface area (Å²) >= 11 is 0. The van der Waals surface area contributed by atoms with E-state index in [4.69, 9.17) is 9.84 Å². The van der Waals surface area contributed by atoms with Crippen LogP contribution >= 0.6 is 0 Å². The minimum Gasteiger partial charge on any atom is -0.493 e. The van der Waals surface area contributed by atoms with E-state index in [0.29, 0.717) is 13.0 Å². The van der Waals surface area contributed by atoms with E-state index in [1.165, 1.54) is 0 Å². The van der Waals surface area contributed by atoms with Gasteiger partial charge in [-0.2, -0.15) is 0 Å². The molecule has 0 radical (unpaired) electrons. The Morgan fingerprint density at radius 3 is 2.36 bits per heavy atom. The summed E-state index contributed by atoms with van der Waals surface area (Å²) in [7, 11) is 0. The van der Waals surface area contributed by atoms with Crippen molar-refractivity contribution in [3.05, 3.63) is 53.1 Å². The van der Waals surface area contributed by atoms with E-state index in [1.807, 2.05) is 19.1 Å². The Kier molecular flexibility index (Phi) is 5.21. The fraction of sp³-hybridized carbons (Fsp3) is 0.316. The molecule has 0 saturated heterocycles. The van der Waals surface area contributed by atoms with Crippen LogP contribution in [0.15, 0.2) is 36.4 Å². The van der Waals surface area contributed by atoms with Crippen LogP contribution in [0.5, 0.6) is 5.75 Å². The number of aryl methyl sites for hydroxylation is 3. The quantitative estimate of drug-likeness (QED) is 0.860. The van der Waals surface area contributed by atoms with Crippen molar-refractivity contribution in [2.75, 3.05) is 6.61 Å². The van der Waals surface area contributed by atoms with Crippen LogP contribution in [0.4, 0.5) is 0 Å². The highest BCUT2D eigenvalue weighted by atomic mass is 16.5. The molecule has 0 amide bonds. The smallest absolute Gasteiger partial charge is 0.303 e. The van der Waals surface area contributed by atoms with Crippen LogP contribution in [0, 0.1) is 13.8 Å². The Labute approximate surface area is 131 Å². The van der Waals surface area contributed by atoms with Gasteiger partial charge in [-0.3, -0.25) is 4.79 Å². The van der Waals surface area contributed by atoms with Crippen LogP contribution < -0.4 is 4.74 Å². The van der Waals surface area contributed by atoms with Gasteiger partial charge in [-0.05, 0) is 67.1 Å². The number of rotatable bonds is 6. The van der Waals surface area contributed by atoms with Crippen molar-refractivity contribution >= 4 is 5.97 Å². The molecular weight excluding hydrogens is 276 g/mol. The Balaban J connectivity index is 2.32. The van der Waals surface area contributed by atoms with Gasteiger partial charge in [0.2, 0.25) is 0 Å². The number of hydrogen-bond donors (Lipinski definition) is 1. The predicted molar refractivity (Wildman–Crippen MR) is 88.5 cm³/mol. The van der Waals surface area contributed by atoms with Crippen LogP contribution in [0.3, 0.4) is 0 Å². The summed E-state index contributed by atoms with van der Waals surface area (Å²) in [5.41, 5.74) is 5.53. The molecule has 2 aromatic carbocycles. The van der Waals surface area contributed by atoms with Gasteiger partial charge in [-0.1, -0.05) is 24.3 Å². The first-order valence-electron chi connectivity index (χ1n) is 7.56.